The molecular weight excluding hydrogens is 962 g/mol. The van der Waals surface area contributed by atoms with E-state index in [1.807, 2.05) is 4.72 Å². The van der Waals surface area contributed by atoms with Gasteiger partial charge in [-0.15, -0.1) is 0 Å². The topological polar surface area (TPSA) is 362 Å². The van der Waals surface area contributed by atoms with Gasteiger partial charge in [0, 0.05) is 47.8 Å². The van der Waals surface area contributed by atoms with Gasteiger partial charge >= 0.3 is 17.9 Å². The molecule has 12 N–H and O–H groups in total. The molecule has 3 aromatic carbocycles. The number of carbonyl (C=O) groups excluding carboxylic acids is 6. The lowest BCUT2D eigenvalue weighted by Gasteiger charge is -2.25. The van der Waals surface area contributed by atoms with Crippen LogP contribution in [0.4, 0.5) is 4.39 Å². The minimum atomic E-state index is -4.72. The van der Waals surface area contributed by atoms with Crippen LogP contribution in [0.1, 0.15) is 43.2 Å². The lowest BCUT2D eigenvalue weighted by molar-refractivity contribution is -0.140. The van der Waals surface area contributed by atoms with Crippen LogP contribution in [-0.2, 0) is 66.0 Å². The maximum atomic E-state index is 14.3. The standard InChI is InChI=1S/C42H45Cl2FN8O14S/c43-23-8-11-33(26(44)17-23)68(66,67)53-32(18-37(59)60)42(65)51-29(10-13-36(57)58)39(62)48-20-34(54)49-30(15-21-4-3-5-24(45)14-21)40(63)52-31(16-22-19-47-27-7-2-1-6-25(22)27)41(64)50-28(38(46)61)9-12-35(55)56/h1-8,11,14,17,19,28-32,47,53H,9-10,12-13,15-16,18,20H2,(H2,46,61)(H,48,62)(H,49,54)(H,50,64)(H,51,65)(H,52,63)(H,55,56)(H,57,58)(H,59,60)/t28-,29-,30-,31-,32+/m0/s1. The Labute approximate surface area is 395 Å². The van der Waals surface area contributed by atoms with Gasteiger partial charge in [-0.3, -0.25) is 43.2 Å². The highest BCUT2D eigenvalue weighted by molar-refractivity contribution is 7.89. The molecule has 0 aliphatic rings. The molecule has 0 unspecified atom stereocenters. The van der Waals surface area contributed by atoms with Gasteiger partial charge in [-0.2, -0.15) is 4.72 Å². The monoisotopic (exact) mass is 1010 g/mol. The normalized spacial score (nSPS) is 13.5. The number of carboxylic acids is 3. The van der Waals surface area contributed by atoms with Crippen LogP contribution in [0.3, 0.4) is 0 Å². The number of carboxylic acid groups (broad SMARTS) is 3. The van der Waals surface area contributed by atoms with Crippen molar-refractivity contribution in [2.24, 2.45) is 5.73 Å². The zero-order valence-electron chi connectivity index (χ0n) is 35.4. The summed E-state index contributed by atoms with van der Waals surface area (Å²) < 4.78 is 42.5. The van der Waals surface area contributed by atoms with Gasteiger partial charge in [-0.05, 0) is 60.4 Å². The van der Waals surface area contributed by atoms with Crippen molar-refractivity contribution in [1.82, 2.24) is 36.3 Å². The predicted molar refractivity (Wildman–Crippen MR) is 239 cm³/mol. The van der Waals surface area contributed by atoms with E-state index in [0.29, 0.717) is 16.5 Å². The van der Waals surface area contributed by atoms with Crippen molar-refractivity contribution < 1.29 is 71.3 Å². The highest BCUT2D eigenvalue weighted by Crippen LogP contribution is 2.25. The van der Waals surface area contributed by atoms with E-state index < -0.39 is 149 Å². The van der Waals surface area contributed by atoms with Crippen molar-refractivity contribution in [3.05, 3.63) is 99.9 Å². The molecule has 364 valence electrons. The molecule has 0 bridgehead atoms. The molecule has 1 heterocycles. The summed E-state index contributed by atoms with van der Waals surface area (Å²) in [4.78, 5) is 117. The molecule has 0 aliphatic heterocycles. The van der Waals surface area contributed by atoms with Crippen LogP contribution >= 0.6 is 23.2 Å². The molecule has 22 nitrogen and oxygen atoms in total. The second-order valence-electron chi connectivity index (χ2n) is 15.0. The number of rotatable bonds is 26. The number of halogens is 3. The zero-order chi connectivity index (χ0) is 50.3. The number of fused-ring (bicyclic) bond motifs is 1. The first kappa shape index (κ1) is 53.5. The Bertz CT molecular complexity index is 2690. The zero-order valence-corrected chi connectivity index (χ0v) is 37.8. The molecule has 4 rings (SSSR count). The molecule has 26 heteroatoms. The van der Waals surface area contributed by atoms with Gasteiger partial charge in [0.15, 0.2) is 0 Å². The Morgan fingerprint density at radius 3 is 1.90 bits per heavy atom. The van der Waals surface area contributed by atoms with Crippen LogP contribution in [0, 0.1) is 5.82 Å². The van der Waals surface area contributed by atoms with Crippen molar-refractivity contribution in [2.75, 3.05) is 6.54 Å². The average molecular weight is 1010 g/mol. The predicted octanol–water partition coefficient (Wildman–Crippen LogP) is 0.491. The second-order valence-corrected chi connectivity index (χ2v) is 17.6. The Morgan fingerprint density at radius 1 is 0.676 bits per heavy atom. The summed E-state index contributed by atoms with van der Waals surface area (Å²) in [7, 11) is -4.72. The SMILES string of the molecule is NC(=O)[C@H](CCC(=O)O)NC(=O)[C@H](Cc1c[nH]c2ccccc12)NC(=O)[C@H](Cc1cccc(F)c1)NC(=O)CNC(=O)[C@H](CCC(=O)O)NC(=O)[C@@H](CC(=O)O)NS(=O)(=O)c1ccc(Cl)cc1Cl. The number of H-pyrrole nitrogens is 1. The van der Waals surface area contributed by atoms with Crippen LogP contribution in [0.5, 0.6) is 0 Å². The Balaban J connectivity index is 1.56. The highest BCUT2D eigenvalue weighted by Gasteiger charge is 2.34. The number of amides is 6. The number of carbonyl (C=O) groups is 9. The lowest BCUT2D eigenvalue weighted by atomic mass is 10.0. The molecule has 0 aliphatic carbocycles. The van der Waals surface area contributed by atoms with E-state index in [1.165, 1.54) is 12.1 Å². The molecule has 0 saturated carbocycles. The van der Waals surface area contributed by atoms with Gasteiger partial charge in [0.25, 0.3) is 0 Å². The number of hydrogen-bond donors (Lipinski definition) is 11. The summed E-state index contributed by atoms with van der Waals surface area (Å²) in [5, 5.41) is 39.8. The number of benzene rings is 3. The number of para-hydroxylation sites is 1. The summed E-state index contributed by atoms with van der Waals surface area (Å²) in [6, 6.07) is 6.53. The molecule has 0 fully saturated rings. The smallest absolute Gasteiger partial charge is 0.305 e. The van der Waals surface area contributed by atoms with E-state index >= 15 is 0 Å². The van der Waals surface area contributed by atoms with Gasteiger partial charge in [-0.1, -0.05) is 53.5 Å². The van der Waals surface area contributed by atoms with Crippen molar-refractivity contribution in [2.45, 2.75) is 80.1 Å². The molecule has 6 amide bonds. The van der Waals surface area contributed by atoms with Crippen molar-refractivity contribution >= 4 is 97.5 Å². The van der Waals surface area contributed by atoms with Crippen LogP contribution in [0.25, 0.3) is 10.9 Å². The molecule has 5 atom stereocenters. The quantitative estimate of drug-likeness (QED) is 0.0408. The maximum Gasteiger partial charge on any atom is 0.305 e. The van der Waals surface area contributed by atoms with Gasteiger partial charge in [0.1, 0.15) is 40.9 Å². The molecular formula is C42H45Cl2FN8O14S. The molecule has 68 heavy (non-hydrogen) atoms. The minimum Gasteiger partial charge on any atom is -0.481 e. The Hall–Kier alpha value is -7.15. The summed E-state index contributed by atoms with van der Waals surface area (Å²) in [6.07, 6.45) is -2.59. The summed E-state index contributed by atoms with van der Waals surface area (Å²) in [5.41, 5.74) is 6.79. The summed E-state index contributed by atoms with van der Waals surface area (Å²) in [5.74, 6) is -11.9. The van der Waals surface area contributed by atoms with Crippen LogP contribution in [-0.4, -0.2) is 119 Å². The van der Waals surface area contributed by atoms with Gasteiger partial charge in [0.2, 0.25) is 45.5 Å². The van der Waals surface area contributed by atoms with E-state index in [-0.39, 0.29) is 22.0 Å². The fourth-order valence-corrected chi connectivity index (χ4v) is 8.56. The third-order valence-electron chi connectivity index (χ3n) is 9.90. The number of aromatic amines is 1. The first-order valence-corrected chi connectivity index (χ1v) is 22.5. The molecule has 1 aromatic heterocycles. The number of sulfonamides is 1. The fourth-order valence-electron chi connectivity index (χ4n) is 6.59. The van der Waals surface area contributed by atoms with Gasteiger partial charge in [-0.25, -0.2) is 12.8 Å². The first-order valence-electron chi connectivity index (χ1n) is 20.2. The summed E-state index contributed by atoms with van der Waals surface area (Å²) >= 11 is 11.8. The van der Waals surface area contributed by atoms with E-state index in [1.54, 1.807) is 30.5 Å². The molecule has 4 aromatic rings. The van der Waals surface area contributed by atoms with Crippen LogP contribution < -0.4 is 37.0 Å². The van der Waals surface area contributed by atoms with Crippen molar-refractivity contribution in [3.8, 4) is 0 Å². The van der Waals surface area contributed by atoms with Crippen molar-refractivity contribution in [1.29, 1.82) is 0 Å². The second kappa shape index (κ2) is 24.6. The molecule has 0 saturated heterocycles. The molecule has 0 radical (unpaired) electrons. The average Bonchev–Trinajstić information content (AvgIpc) is 3.66. The lowest BCUT2D eigenvalue weighted by Crippen LogP contribution is -2.58. The third-order valence-corrected chi connectivity index (χ3v) is 12.1. The highest BCUT2D eigenvalue weighted by atomic mass is 35.5. The van der Waals surface area contributed by atoms with Crippen LogP contribution in [0.15, 0.2) is 77.8 Å². The van der Waals surface area contributed by atoms with E-state index in [9.17, 15) is 66.2 Å². The Morgan fingerprint density at radius 2 is 1.28 bits per heavy atom. The van der Waals surface area contributed by atoms with Gasteiger partial charge in [0.05, 0.1) is 18.0 Å². The van der Waals surface area contributed by atoms with E-state index in [2.05, 4.69) is 31.6 Å². The number of primary amides is 1. The van der Waals surface area contributed by atoms with E-state index in [0.717, 1.165) is 30.3 Å². The minimum absolute atomic E-state index is 0.0550. The largest absolute Gasteiger partial charge is 0.481 e. The number of aliphatic carboxylic acids is 3. The number of aromatic nitrogens is 1. The maximum absolute atomic E-state index is 14.3. The van der Waals surface area contributed by atoms with Crippen molar-refractivity contribution in [3.63, 3.8) is 0 Å². The van der Waals surface area contributed by atoms with Gasteiger partial charge < -0.3 is 52.6 Å². The molecule has 0 spiro atoms. The summed E-state index contributed by atoms with van der Waals surface area (Å²) in [6.45, 7) is -0.964. The number of nitrogens with one attached hydrogen (secondary N) is 7. The Kier molecular flexibility index (Phi) is 19.3. The number of hydrogen-bond acceptors (Lipinski definition) is 11. The van der Waals surface area contributed by atoms with Crippen LogP contribution in [0.2, 0.25) is 10.0 Å². The van der Waals surface area contributed by atoms with E-state index in [4.69, 9.17) is 34.0 Å². The number of nitrogens with two attached hydrogens (primary N) is 1. The first-order chi connectivity index (χ1) is 32.0. The fraction of sp³-hybridized carbons (Fsp3) is 0.310. The third kappa shape index (κ3) is 16.3.